The minimum Gasteiger partial charge on any atom is -0.858 e. The first-order valence-electron chi connectivity index (χ1n) is 4.53. The first-order valence-corrected chi connectivity index (χ1v) is 6.67. The third kappa shape index (κ3) is 2.06. The van der Waals surface area contributed by atoms with E-state index in [2.05, 4.69) is 41.5 Å². The Morgan fingerprint density at radius 3 is 0.909 bits per heavy atom. The van der Waals surface area contributed by atoms with Crippen LogP contribution < -0.4 is 4.80 Å². The molecular weight excluding hydrogens is 152 g/mol. The Balaban J connectivity index is 4.53. The molecule has 0 radical (unpaired) electrons. The largest absolute Gasteiger partial charge is 0.858 e. The normalized spacial score (nSPS) is 13.6. The summed E-state index contributed by atoms with van der Waals surface area (Å²) in [4.78, 5) is 12.3. The van der Waals surface area contributed by atoms with Crippen molar-refractivity contribution in [1.82, 2.24) is 0 Å². The highest BCUT2D eigenvalue weighted by atomic mass is 28.4. The maximum Gasteiger partial charge on any atom is -0.0367 e. The lowest BCUT2D eigenvalue weighted by Gasteiger charge is -2.50. The monoisotopic (exact) mass is 173 g/mol. The van der Waals surface area contributed by atoms with E-state index in [1.165, 1.54) is 0 Å². The molecule has 11 heavy (non-hydrogen) atoms. The highest BCUT2D eigenvalue weighted by molar-refractivity contribution is 6.74. The third-order valence-electron chi connectivity index (χ3n) is 2.71. The van der Waals surface area contributed by atoms with Crippen molar-refractivity contribution in [2.75, 3.05) is 0 Å². The molecule has 1 nitrogen and oxygen atoms in total. The van der Waals surface area contributed by atoms with Crippen LogP contribution in [0.2, 0.25) is 16.6 Å². The molecule has 0 heterocycles. The Morgan fingerprint density at radius 2 is 0.909 bits per heavy atom. The van der Waals surface area contributed by atoms with Gasteiger partial charge < -0.3 is 4.80 Å². The second kappa shape index (κ2) is 3.72. The number of hydrogen-bond donors (Lipinski definition) is 0. The van der Waals surface area contributed by atoms with E-state index in [-0.39, 0.29) is 0 Å². The van der Waals surface area contributed by atoms with Crippen molar-refractivity contribution >= 4 is 8.32 Å². The zero-order valence-electron chi connectivity index (χ0n) is 8.64. The summed E-state index contributed by atoms with van der Waals surface area (Å²) in [5.74, 6) is 0. The second-order valence-electron chi connectivity index (χ2n) is 4.32. The van der Waals surface area contributed by atoms with Crippen molar-refractivity contribution in [3.8, 4) is 0 Å². The molecule has 68 valence electrons. The molecular formula is C9H21OSi-. The van der Waals surface area contributed by atoms with E-state index in [1.807, 2.05) is 0 Å². The summed E-state index contributed by atoms with van der Waals surface area (Å²) in [6.07, 6.45) is 0. The molecule has 0 saturated carbocycles. The fourth-order valence-electron chi connectivity index (χ4n) is 2.00. The van der Waals surface area contributed by atoms with Gasteiger partial charge in [0.1, 0.15) is 0 Å². The maximum atomic E-state index is 12.3. The van der Waals surface area contributed by atoms with Crippen LogP contribution in [-0.2, 0) is 0 Å². The summed E-state index contributed by atoms with van der Waals surface area (Å²) in [6, 6.07) is 0. The summed E-state index contributed by atoms with van der Waals surface area (Å²) in [7, 11) is -2.23. The molecule has 0 fully saturated rings. The summed E-state index contributed by atoms with van der Waals surface area (Å²) < 4.78 is 0. The first kappa shape index (κ1) is 11.2. The average Bonchev–Trinajstić information content (AvgIpc) is 1.84. The van der Waals surface area contributed by atoms with Crippen LogP contribution in [0.15, 0.2) is 0 Å². The number of hydrogen-bond acceptors (Lipinski definition) is 1. The summed E-state index contributed by atoms with van der Waals surface area (Å²) in [6.45, 7) is 12.5. The van der Waals surface area contributed by atoms with Crippen molar-refractivity contribution in [3.05, 3.63) is 0 Å². The van der Waals surface area contributed by atoms with Crippen LogP contribution in [0.1, 0.15) is 41.5 Å². The maximum absolute atomic E-state index is 12.3. The van der Waals surface area contributed by atoms with Gasteiger partial charge in [-0.25, -0.2) is 0 Å². The lowest BCUT2D eigenvalue weighted by atomic mass is 10.5. The molecule has 0 aliphatic heterocycles. The Hall–Kier alpha value is 0.177. The van der Waals surface area contributed by atoms with E-state index in [0.29, 0.717) is 16.6 Å². The lowest BCUT2D eigenvalue weighted by Crippen LogP contribution is -2.57. The van der Waals surface area contributed by atoms with E-state index in [0.717, 1.165) is 0 Å². The molecule has 0 N–H and O–H groups in total. The van der Waals surface area contributed by atoms with Gasteiger partial charge in [-0.2, -0.15) is 0 Å². The van der Waals surface area contributed by atoms with Gasteiger partial charge in [0, 0.05) is 0 Å². The van der Waals surface area contributed by atoms with Gasteiger partial charge >= 0.3 is 0 Å². The third-order valence-corrected chi connectivity index (χ3v) is 8.12. The zero-order chi connectivity index (χ0) is 9.23. The van der Waals surface area contributed by atoms with Crippen LogP contribution in [0.25, 0.3) is 0 Å². The minimum absolute atomic E-state index is 0.363. The van der Waals surface area contributed by atoms with Crippen LogP contribution >= 0.6 is 0 Å². The second-order valence-corrected chi connectivity index (χ2v) is 9.49. The molecule has 2 heteroatoms. The molecule has 0 bridgehead atoms. The van der Waals surface area contributed by atoms with Crippen molar-refractivity contribution in [3.63, 3.8) is 0 Å². The van der Waals surface area contributed by atoms with E-state index >= 15 is 0 Å². The molecule has 0 aromatic carbocycles. The predicted molar refractivity (Wildman–Crippen MR) is 51.0 cm³/mol. The first-order chi connectivity index (χ1) is 4.83. The van der Waals surface area contributed by atoms with Gasteiger partial charge in [-0.15, -0.1) is 0 Å². The van der Waals surface area contributed by atoms with E-state index in [1.54, 1.807) is 0 Å². The summed E-state index contributed by atoms with van der Waals surface area (Å²) in [5.41, 5.74) is 1.09. The summed E-state index contributed by atoms with van der Waals surface area (Å²) >= 11 is 0. The van der Waals surface area contributed by atoms with Gasteiger partial charge in [-0.3, -0.25) is 0 Å². The molecule has 0 aromatic rings. The quantitative estimate of drug-likeness (QED) is 0.601. The molecule has 0 aromatic heterocycles. The molecule has 0 aliphatic rings. The fraction of sp³-hybridized carbons (Fsp3) is 1.00. The van der Waals surface area contributed by atoms with Gasteiger partial charge in [0.2, 0.25) is 0 Å². The number of rotatable bonds is 3. The molecule has 0 atom stereocenters. The minimum atomic E-state index is -2.23. The molecule has 0 unspecified atom stereocenters. The van der Waals surface area contributed by atoms with Crippen LogP contribution in [0, 0.1) is 0 Å². The van der Waals surface area contributed by atoms with Crippen molar-refractivity contribution in [1.29, 1.82) is 0 Å². The molecule has 0 saturated heterocycles. The zero-order valence-corrected chi connectivity index (χ0v) is 9.64. The van der Waals surface area contributed by atoms with Gasteiger partial charge in [-0.05, 0) is 8.32 Å². The highest BCUT2D eigenvalue weighted by Gasteiger charge is 2.29. The van der Waals surface area contributed by atoms with Crippen LogP contribution in [0.5, 0.6) is 0 Å². The standard InChI is InChI=1S/C9H21OSi/c1-7(2)11(10,8(3)4)9(5)6/h7-9H,1-6H3/q-1. The Bertz CT molecular complexity index is 97.0. The SMILES string of the molecule is CC(C)[Si]([O-])(C(C)C)C(C)C. The molecule has 0 rings (SSSR count). The topological polar surface area (TPSA) is 23.1 Å². The van der Waals surface area contributed by atoms with Gasteiger partial charge in [0.25, 0.3) is 0 Å². The van der Waals surface area contributed by atoms with Gasteiger partial charge in [0.05, 0.1) is 0 Å². The van der Waals surface area contributed by atoms with Crippen LogP contribution in [-0.4, -0.2) is 8.32 Å². The van der Waals surface area contributed by atoms with Crippen LogP contribution in [0.3, 0.4) is 0 Å². The van der Waals surface area contributed by atoms with Gasteiger partial charge in [-0.1, -0.05) is 58.2 Å². The highest BCUT2D eigenvalue weighted by Crippen LogP contribution is 2.35. The van der Waals surface area contributed by atoms with Crippen molar-refractivity contribution in [2.24, 2.45) is 0 Å². The smallest absolute Gasteiger partial charge is 0.0367 e. The van der Waals surface area contributed by atoms with Crippen LogP contribution in [0.4, 0.5) is 0 Å². The Morgan fingerprint density at radius 1 is 0.727 bits per heavy atom. The Kier molecular flexibility index (Phi) is 3.78. The fourth-order valence-corrected chi connectivity index (χ4v) is 6.00. The van der Waals surface area contributed by atoms with Crippen molar-refractivity contribution < 1.29 is 4.80 Å². The van der Waals surface area contributed by atoms with E-state index in [4.69, 9.17) is 0 Å². The molecule has 0 aliphatic carbocycles. The lowest BCUT2D eigenvalue weighted by molar-refractivity contribution is -0.217. The van der Waals surface area contributed by atoms with E-state index in [9.17, 15) is 4.80 Å². The average molecular weight is 173 g/mol. The summed E-state index contributed by atoms with van der Waals surface area (Å²) in [5, 5.41) is 0. The van der Waals surface area contributed by atoms with E-state index < -0.39 is 8.32 Å². The predicted octanol–water partition coefficient (Wildman–Crippen LogP) is 2.52. The Labute approximate surface area is 72.0 Å². The molecule has 0 amide bonds. The van der Waals surface area contributed by atoms with Gasteiger partial charge in [0.15, 0.2) is 0 Å². The van der Waals surface area contributed by atoms with Crippen molar-refractivity contribution in [2.45, 2.75) is 58.2 Å². The molecule has 0 spiro atoms.